The maximum Gasteiger partial charge on any atom is 0.509 e. The minimum absolute atomic E-state index is 0.266. The van der Waals surface area contributed by atoms with Crippen molar-refractivity contribution >= 4 is 12.3 Å². The van der Waals surface area contributed by atoms with Gasteiger partial charge in [0.05, 0.1) is 6.61 Å². The minimum atomic E-state index is -0.680. The van der Waals surface area contributed by atoms with Crippen molar-refractivity contribution in [3.63, 3.8) is 0 Å². The fourth-order valence-corrected chi connectivity index (χ4v) is 2.13. The molecule has 1 fully saturated rings. The number of carbonyl (C=O) groups excluding carboxylic acids is 2. The number of ether oxygens (including phenoxy) is 4. The number of hydrogen-bond donors (Lipinski definition) is 0. The van der Waals surface area contributed by atoms with Crippen LogP contribution in [0.4, 0.5) is 9.59 Å². The summed E-state index contributed by atoms with van der Waals surface area (Å²) < 4.78 is 20.7. The summed E-state index contributed by atoms with van der Waals surface area (Å²) in [6.45, 7) is 9.60. The van der Waals surface area contributed by atoms with E-state index in [2.05, 4.69) is 0 Å². The number of rotatable bonds is 4. The Balaban J connectivity index is 2.35. The molecule has 128 valence electrons. The molecule has 1 saturated carbocycles. The van der Waals surface area contributed by atoms with Gasteiger partial charge in [-0.15, -0.1) is 0 Å². The molecule has 2 unspecified atom stereocenters. The van der Waals surface area contributed by atoms with Gasteiger partial charge in [0.1, 0.15) is 17.8 Å². The van der Waals surface area contributed by atoms with Gasteiger partial charge in [-0.1, -0.05) is 13.8 Å². The van der Waals surface area contributed by atoms with Crippen molar-refractivity contribution < 1.29 is 28.5 Å². The van der Waals surface area contributed by atoms with Crippen molar-refractivity contribution in [2.45, 2.75) is 78.1 Å². The molecule has 0 aromatic rings. The number of hydrogen-bond acceptors (Lipinski definition) is 6. The lowest BCUT2D eigenvalue weighted by atomic mass is 9.95. The summed E-state index contributed by atoms with van der Waals surface area (Å²) in [5, 5.41) is 0. The van der Waals surface area contributed by atoms with E-state index in [0.29, 0.717) is 13.0 Å². The third-order valence-corrected chi connectivity index (χ3v) is 3.03. The average molecular weight is 316 g/mol. The highest BCUT2D eigenvalue weighted by Crippen LogP contribution is 2.25. The molecule has 0 aliphatic heterocycles. The van der Waals surface area contributed by atoms with Gasteiger partial charge >= 0.3 is 12.3 Å². The molecular weight excluding hydrogens is 288 g/mol. The van der Waals surface area contributed by atoms with Gasteiger partial charge in [-0.3, -0.25) is 0 Å². The van der Waals surface area contributed by atoms with Crippen LogP contribution in [0.2, 0.25) is 0 Å². The average Bonchev–Trinajstić information content (AvgIpc) is 2.34. The predicted octanol–water partition coefficient (Wildman–Crippen LogP) is 4.06. The van der Waals surface area contributed by atoms with Crippen LogP contribution in [0, 0.1) is 5.92 Å². The summed E-state index contributed by atoms with van der Waals surface area (Å²) >= 11 is 0. The minimum Gasteiger partial charge on any atom is -0.434 e. The van der Waals surface area contributed by atoms with Gasteiger partial charge in [0.25, 0.3) is 0 Å². The zero-order chi connectivity index (χ0) is 16.8. The van der Waals surface area contributed by atoms with Gasteiger partial charge in [-0.2, -0.15) is 0 Å². The van der Waals surface area contributed by atoms with Gasteiger partial charge in [-0.25, -0.2) is 9.59 Å². The predicted molar refractivity (Wildman–Crippen MR) is 80.6 cm³/mol. The molecule has 0 spiro atoms. The Morgan fingerprint density at radius 1 is 1.05 bits per heavy atom. The second-order valence-electron chi connectivity index (χ2n) is 7.07. The van der Waals surface area contributed by atoms with E-state index in [9.17, 15) is 9.59 Å². The standard InChI is InChI=1S/C16H28O6/c1-11(2)10-19-14(17)20-12-7-6-8-13(9-12)21-15(18)22-16(3,4)5/h11-13H,6-10H2,1-5H3. The molecule has 0 bridgehead atoms. The molecular formula is C16H28O6. The van der Waals surface area contributed by atoms with Crippen LogP contribution in [0.5, 0.6) is 0 Å². The zero-order valence-electron chi connectivity index (χ0n) is 14.2. The van der Waals surface area contributed by atoms with Gasteiger partial charge in [0.2, 0.25) is 0 Å². The van der Waals surface area contributed by atoms with Crippen LogP contribution in [-0.4, -0.2) is 36.7 Å². The van der Waals surface area contributed by atoms with Gasteiger partial charge in [0.15, 0.2) is 0 Å². The maximum atomic E-state index is 11.7. The summed E-state index contributed by atoms with van der Waals surface area (Å²) in [4.78, 5) is 23.2. The Bertz CT molecular complexity index is 371. The Hall–Kier alpha value is -1.46. The monoisotopic (exact) mass is 316 g/mol. The molecule has 0 saturated heterocycles. The first-order valence-corrected chi connectivity index (χ1v) is 7.88. The van der Waals surface area contributed by atoms with E-state index >= 15 is 0 Å². The fraction of sp³-hybridized carbons (Fsp3) is 0.875. The lowest BCUT2D eigenvalue weighted by Crippen LogP contribution is -2.33. The molecule has 1 aliphatic rings. The van der Waals surface area contributed by atoms with Crippen LogP contribution in [0.15, 0.2) is 0 Å². The summed E-state index contributed by atoms with van der Waals surface area (Å²) in [5.74, 6) is 0.266. The van der Waals surface area contributed by atoms with Crippen LogP contribution in [0.25, 0.3) is 0 Å². The summed E-state index contributed by atoms with van der Waals surface area (Å²) in [7, 11) is 0. The Morgan fingerprint density at radius 3 is 2.09 bits per heavy atom. The topological polar surface area (TPSA) is 71.1 Å². The molecule has 0 aromatic heterocycles. The van der Waals surface area contributed by atoms with E-state index in [4.69, 9.17) is 18.9 Å². The van der Waals surface area contributed by atoms with Crippen LogP contribution >= 0.6 is 0 Å². The van der Waals surface area contributed by atoms with Crippen molar-refractivity contribution in [3.05, 3.63) is 0 Å². The quantitative estimate of drug-likeness (QED) is 0.728. The van der Waals surface area contributed by atoms with E-state index in [1.807, 2.05) is 13.8 Å². The third kappa shape index (κ3) is 8.10. The molecule has 0 heterocycles. The van der Waals surface area contributed by atoms with Gasteiger partial charge < -0.3 is 18.9 Å². The van der Waals surface area contributed by atoms with Crippen molar-refractivity contribution in [3.8, 4) is 0 Å². The molecule has 1 rings (SSSR count). The van der Waals surface area contributed by atoms with E-state index in [1.54, 1.807) is 20.8 Å². The van der Waals surface area contributed by atoms with Crippen LogP contribution < -0.4 is 0 Å². The number of carbonyl (C=O) groups is 2. The fourth-order valence-electron chi connectivity index (χ4n) is 2.13. The van der Waals surface area contributed by atoms with Crippen molar-refractivity contribution in [2.75, 3.05) is 6.61 Å². The normalized spacial score (nSPS) is 22.1. The SMILES string of the molecule is CC(C)COC(=O)OC1CCCC(OC(=O)OC(C)(C)C)C1. The Morgan fingerprint density at radius 2 is 1.59 bits per heavy atom. The summed E-state index contributed by atoms with van der Waals surface area (Å²) in [5.41, 5.74) is -0.581. The van der Waals surface area contributed by atoms with Gasteiger partial charge in [0, 0.05) is 6.42 Å². The van der Waals surface area contributed by atoms with E-state index in [0.717, 1.165) is 19.3 Å². The van der Waals surface area contributed by atoms with Gasteiger partial charge in [-0.05, 0) is 46.0 Å². The van der Waals surface area contributed by atoms with Crippen molar-refractivity contribution in [2.24, 2.45) is 5.92 Å². The second kappa shape index (κ2) is 8.25. The van der Waals surface area contributed by atoms with E-state index in [-0.39, 0.29) is 18.1 Å². The Kier molecular flexibility index (Phi) is 6.97. The Labute approximate surface area is 132 Å². The lowest BCUT2D eigenvalue weighted by Gasteiger charge is -2.29. The van der Waals surface area contributed by atoms with E-state index < -0.39 is 17.9 Å². The summed E-state index contributed by atoms with van der Waals surface area (Å²) in [6, 6.07) is 0. The highest BCUT2D eigenvalue weighted by atomic mass is 16.7. The van der Waals surface area contributed by atoms with Crippen LogP contribution in [0.1, 0.15) is 60.3 Å². The largest absolute Gasteiger partial charge is 0.509 e. The molecule has 22 heavy (non-hydrogen) atoms. The molecule has 2 atom stereocenters. The molecule has 0 aromatic carbocycles. The zero-order valence-corrected chi connectivity index (χ0v) is 14.2. The van der Waals surface area contributed by atoms with Crippen molar-refractivity contribution in [1.29, 1.82) is 0 Å². The molecule has 1 aliphatic carbocycles. The van der Waals surface area contributed by atoms with E-state index in [1.165, 1.54) is 0 Å². The molecule has 6 nitrogen and oxygen atoms in total. The molecule has 0 amide bonds. The smallest absolute Gasteiger partial charge is 0.434 e. The first-order chi connectivity index (χ1) is 10.2. The highest BCUT2D eigenvalue weighted by molar-refractivity contribution is 5.61. The lowest BCUT2D eigenvalue weighted by molar-refractivity contribution is -0.0555. The second-order valence-corrected chi connectivity index (χ2v) is 7.07. The molecule has 6 heteroatoms. The summed E-state index contributed by atoms with van der Waals surface area (Å²) in [6.07, 6.45) is 0.918. The third-order valence-electron chi connectivity index (χ3n) is 3.03. The molecule has 0 radical (unpaired) electrons. The molecule has 0 N–H and O–H groups in total. The maximum absolute atomic E-state index is 11.7. The highest BCUT2D eigenvalue weighted by Gasteiger charge is 2.29. The first kappa shape index (κ1) is 18.6. The van der Waals surface area contributed by atoms with Crippen molar-refractivity contribution in [1.82, 2.24) is 0 Å². The first-order valence-electron chi connectivity index (χ1n) is 7.88. The van der Waals surface area contributed by atoms with Crippen LogP contribution in [-0.2, 0) is 18.9 Å². The van der Waals surface area contributed by atoms with Crippen LogP contribution in [0.3, 0.4) is 0 Å².